The molecule has 1 aliphatic heterocycles. The molecule has 4 heteroatoms. The van der Waals surface area contributed by atoms with Crippen molar-refractivity contribution < 1.29 is 8.82 Å². The Bertz CT molecular complexity index is 650. The van der Waals surface area contributed by atoms with Gasteiger partial charge in [-0.2, -0.15) is 0 Å². The molecule has 146 valence electrons. The lowest BCUT2D eigenvalue weighted by molar-refractivity contribution is 0.0511. The number of hydrogen-bond donors (Lipinski definition) is 1. The topological polar surface area (TPSA) is 21.3 Å². The van der Waals surface area contributed by atoms with Crippen LogP contribution in [0.4, 0.5) is 4.39 Å². The maximum absolute atomic E-state index is 13.8. The molecule has 0 bridgehead atoms. The fraction of sp³-hybridized carbons (Fsp3) is 0.636. The molecule has 0 amide bonds. The molecule has 0 aromatic heterocycles. The summed E-state index contributed by atoms with van der Waals surface area (Å²) in [6.45, 7) is 19.7. The lowest BCUT2D eigenvalue weighted by Gasteiger charge is -2.46. The standard InChI is InChI=1S/C22H36FNOSi/c1-9-14-22(17-11-10-12-18(23)16-17)15-13-19(24-22)21(5,6)25-26(7,8)20(2,3)4/h9-12,16,19,24H,1,13-15H2,2-8H3/t19-,22+/m1/s1. The number of nitrogens with one attached hydrogen (secondary N) is 1. The second-order valence-electron chi connectivity index (χ2n) is 9.79. The molecular formula is C22H36FNOSi. The molecule has 1 aromatic carbocycles. The lowest BCUT2D eigenvalue weighted by atomic mass is 9.85. The van der Waals surface area contributed by atoms with Crippen molar-refractivity contribution in [3.63, 3.8) is 0 Å². The highest BCUT2D eigenvalue weighted by molar-refractivity contribution is 6.74. The summed E-state index contributed by atoms with van der Waals surface area (Å²) < 4.78 is 20.6. The maximum Gasteiger partial charge on any atom is 0.192 e. The minimum atomic E-state index is -1.88. The molecule has 1 aliphatic rings. The Morgan fingerprint density at radius 3 is 2.50 bits per heavy atom. The number of halogens is 1. The first-order valence-electron chi connectivity index (χ1n) is 9.68. The SMILES string of the molecule is C=CC[C@@]1(c2cccc(F)c2)CC[C@H](C(C)(C)O[Si](C)(C)C(C)(C)C)N1. The van der Waals surface area contributed by atoms with Gasteiger partial charge in [0.2, 0.25) is 0 Å². The molecule has 1 aromatic rings. The van der Waals surface area contributed by atoms with E-state index in [1.54, 1.807) is 12.1 Å². The summed E-state index contributed by atoms with van der Waals surface area (Å²) in [4.78, 5) is 0. The summed E-state index contributed by atoms with van der Waals surface area (Å²) in [7, 11) is -1.88. The summed E-state index contributed by atoms with van der Waals surface area (Å²) in [6.07, 6.45) is 4.68. The van der Waals surface area contributed by atoms with Crippen LogP contribution in [0, 0.1) is 5.82 Å². The molecular weight excluding hydrogens is 341 g/mol. The van der Waals surface area contributed by atoms with E-state index in [9.17, 15) is 4.39 Å². The van der Waals surface area contributed by atoms with Crippen LogP contribution < -0.4 is 5.32 Å². The van der Waals surface area contributed by atoms with E-state index in [-0.39, 0.29) is 28.0 Å². The summed E-state index contributed by atoms with van der Waals surface area (Å²) >= 11 is 0. The van der Waals surface area contributed by atoms with Gasteiger partial charge in [-0.25, -0.2) is 4.39 Å². The highest BCUT2D eigenvalue weighted by Crippen LogP contribution is 2.44. The van der Waals surface area contributed by atoms with Crippen molar-refractivity contribution >= 4 is 8.32 Å². The molecule has 0 spiro atoms. The molecule has 2 atom stereocenters. The Morgan fingerprint density at radius 2 is 1.96 bits per heavy atom. The first-order valence-corrected chi connectivity index (χ1v) is 12.6. The Labute approximate surface area is 160 Å². The van der Waals surface area contributed by atoms with E-state index < -0.39 is 8.32 Å². The van der Waals surface area contributed by atoms with E-state index in [2.05, 4.69) is 59.6 Å². The Morgan fingerprint density at radius 1 is 1.31 bits per heavy atom. The van der Waals surface area contributed by atoms with Gasteiger partial charge in [-0.1, -0.05) is 39.0 Å². The first-order chi connectivity index (χ1) is 11.8. The first kappa shape index (κ1) is 21.3. The van der Waals surface area contributed by atoms with Gasteiger partial charge in [-0.3, -0.25) is 0 Å². The van der Waals surface area contributed by atoms with Crippen molar-refractivity contribution in [2.24, 2.45) is 0 Å². The monoisotopic (exact) mass is 377 g/mol. The maximum atomic E-state index is 13.8. The van der Waals surface area contributed by atoms with Crippen molar-refractivity contribution in [1.29, 1.82) is 0 Å². The second kappa shape index (κ2) is 7.21. The molecule has 0 aliphatic carbocycles. The van der Waals surface area contributed by atoms with Crippen LogP contribution in [-0.4, -0.2) is 20.0 Å². The molecule has 26 heavy (non-hydrogen) atoms. The van der Waals surface area contributed by atoms with Crippen LogP contribution in [-0.2, 0) is 9.96 Å². The summed E-state index contributed by atoms with van der Waals surface area (Å²) in [5.74, 6) is -0.187. The number of benzene rings is 1. The van der Waals surface area contributed by atoms with Crippen molar-refractivity contribution in [3.05, 3.63) is 48.3 Å². The third kappa shape index (κ3) is 4.29. The van der Waals surface area contributed by atoms with E-state index in [4.69, 9.17) is 4.43 Å². The largest absolute Gasteiger partial charge is 0.410 e. The average molecular weight is 378 g/mol. The summed E-state index contributed by atoms with van der Waals surface area (Å²) in [5.41, 5.74) is 0.463. The van der Waals surface area contributed by atoms with Crippen LogP contribution >= 0.6 is 0 Å². The molecule has 0 radical (unpaired) electrons. The van der Waals surface area contributed by atoms with Crippen LogP contribution in [0.5, 0.6) is 0 Å². The van der Waals surface area contributed by atoms with Crippen LogP contribution in [0.2, 0.25) is 18.1 Å². The molecule has 0 saturated carbocycles. The highest BCUT2D eigenvalue weighted by atomic mass is 28.4. The van der Waals surface area contributed by atoms with Gasteiger partial charge in [0.15, 0.2) is 8.32 Å². The Kier molecular flexibility index (Phi) is 5.92. The van der Waals surface area contributed by atoms with E-state index in [1.165, 1.54) is 6.07 Å². The third-order valence-corrected chi connectivity index (χ3v) is 11.0. The van der Waals surface area contributed by atoms with Gasteiger partial charge in [0.25, 0.3) is 0 Å². The zero-order chi connectivity index (χ0) is 19.8. The van der Waals surface area contributed by atoms with Crippen molar-refractivity contribution in [3.8, 4) is 0 Å². The minimum absolute atomic E-state index is 0.170. The molecule has 1 heterocycles. The molecule has 0 unspecified atom stereocenters. The van der Waals surface area contributed by atoms with Gasteiger partial charge >= 0.3 is 0 Å². The molecule has 1 saturated heterocycles. The van der Waals surface area contributed by atoms with Crippen molar-refractivity contribution in [2.75, 3.05) is 0 Å². The highest BCUT2D eigenvalue weighted by Gasteiger charge is 2.49. The van der Waals surface area contributed by atoms with Gasteiger partial charge in [-0.05, 0) is 68.9 Å². The van der Waals surface area contributed by atoms with Crippen LogP contribution in [0.1, 0.15) is 59.4 Å². The van der Waals surface area contributed by atoms with Crippen molar-refractivity contribution in [2.45, 2.75) is 89.2 Å². The Hall–Kier alpha value is -0.973. The normalized spacial score (nSPS) is 24.7. The fourth-order valence-electron chi connectivity index (χ4n) is 3.81. The van der Waals surface area contributed by atoms with Gasteiger partial charge in [0.1, 0.15) is 5.82 Å². The predicted octanol–water partition coefficient (Wildman–Crippen LogP) is 6.15. The minimum Gasteiger partial charge on any atom is -0.410 e. The molecule has 1 N–H and O–H groups in total. The van der Waals surface area contributed by atoms with Crippen LogP contribution in [0.3, 0.4) is 0 Å². The molecule has 1 fully saturated rings. The number of rotatable bonds is 6. The van der Waals surface area contributed by atoms with Gasteiger partial charge in [0.05, 0.1) is 5.60 Å². The molecule has 2 rings (SSSR count). The quantitative estimate of drug-likeness (QED) is 0.474. The summed E-state index contributed by atoms with van der Waals surface area (Å²) in [6, 6.07) is 7.19. The Balaban J connectivity index is 2.27. The van der Waals surface area contributed by atoms with Crippen LogP contribution in [0.15, 0.2) is 36.9 Å². The number of hydrogen-bond acceptors (Lipinski definition) is 2. The third-order valence-electron chi connectivity index (χ3n) is 6.34. The van der Waals surface area contributed by atoms with E-state index >= 15 is 0 Å². The second-order valence-corrected chi connectivity index (χ2v) is 14.5. The summed E-state index contributed by atoms with van der Waals surface area (Å²) in [5, 5.41) is 3.99. The van der Waals surface area contributed by atoms with E-state index in [1.807, 2.05) is 12.1 Å². The average Bonchev–Trinajstić information content (AvgIpc) is 2.92. The van der Waals surface area contributed by atoms with Crippen LogP contribution in [0.25, 0.3) is 0 Å². The zero-order valence-electron chi connectivity index (χ0n) is 17.6. The van der Waals surface area contributed by atoms with Crippen molar-refractivity contribution in [1.82, 2.24) is 5.32 Å². The van der Waals surface area contributed by atoms with Gasteiger partial charge < -0.3 is 9.74 Å². The van der Waals surface area contributed by atoms with Gasteiger partial charge in [-0.15, -0.1) is 6.58 Å². The zero-order valence-corrected chi connectivity index (χ0v) is 18.6. The lowest BCUT2D eigenvalue weighted by Crippen LogP contribution is -2.56. The molecule has 2 nitrogen and oxygen atoms in total. The predicted molar refractivity (Wildman–Crippen MR) is 111 cm³/mol. The van der Waals surface area contributed by atoms with E-state index in [0.717, 1.165) is 24.8 Å². The fourth-order valence-corrected chi connectivity index (χ4v) is 5.57. The van der Waals surface area contributed by atoms with E-state index in [0.29, 0.717) is 0 Å². The van der Waals surface area contributed by atoms with Gasteiger partial charge in [0, 0.05) is 11.6 Å². The smallest absolute Gasteiger partial charge is 0.192 e.